The van der Waals surface area contributed by atoms with E-state index in [1.54, 1.807) is 0 Å². The highest BCUT2D eigenvalue weighted by Crippen LogP contribution is 2.21. The van der Waals surface area contributed by atoms with Gasteiger partial charge in [-0.1, -0.05) is 19.1 Å². The highest BCUT2D eigenvalue weighted by atomic mass is 32.2. The molecule has 0 saturated carbocycles. The van der Waals surface area contributed by atoms with E-state index >= 15 is 0 Å². The van der Waals surface area contributed by atoms with Crippen LogP contribution in [0.15, 0.2) is 24.3 Å². The van der Waals surface area contributed by atoms with E-state index in [9.17, 15) is 4.21 Å². The first-order valence-corrected chi connectivity index (χ1v) is 8.38. The summed E-state index contributed by atoms with van der Waals surface area (Å²) in [5.41, 5.74) is 1.19. The van der Waals surface area contributed by atoms with Crippen molar-refractivity contribution in [2.75, 3.05) is 18.1 Å². The lowest BCUT2D eigenvalue weighted by molar-refractivity contribution is 0.242. The maximum absolute atomic E-state index is 11.9. The number of benzene rings is 1. The normalized spacial score (nSPS) is 28.1. The van der Waals surface area contributed by atoms with Crippen molar-refractivity contribution >= 4 is 10.8 Å². The quantitative estimate of drug-likeness (QED) is 0.925. The predicted octanol–water partition coefficient (Wildman–Crippen LogP) is 2.50. The summed E-state index contributed by atoms with van der Waals surface area (Å²) in [6.45, 7) is 7.12. The second-order valence-electron chi connectivity index (χ2n) is 5.57. The van der Waals surface area contributed by atoms with Crippen LogP contribution in [0.2, 0.25) is 0 Å². The van der Waals surface area contributed by atoms with E-state index in [2.05, 4.69) is 24.4 Å². The number of ether oxygens (including phenoxy) is 1. The Labute approximate surface area is 118 Å². The summed E-state index contributed by atoms with van der Waals surface area (Å²) < 4.78 is 17.6. The van der Waals surface area contributed by atoms with E-state index in [4.69, 9.17) is 4.74 Å². The van der Waals surface area contributed by atoms with Crippen molar-refractivity contribution in [1.82, 2.24) is 5.32 Å². The van der Waals surface area contributed by atoms with Gasteiger partial charge in [0.1, 0.15) is 5.75 Å². The largest absolute Gasteiger partial charge is 0.491 e. The summed E-state index contributed by atoms with van der Waals surface area (Å²) in [6.07, 6.45) is 0.190. The fourth-order valence-corrected chi connectivity index (χ4v) is 3.87. The van der Waals surface area contributed by atoms with E-state index in [0.717, 1.165) is 18.0 Å². The van der Waals surface area contributed by atoms with Gasteiger partial charge in [0.15, 0.2) is 0 Å². The molecular weight excluding hydrogens is 258 g/mol. The van der Waals surface area contributed by atoms with Crippen LogP contribution in [0, 0.1) is 5.92 Å². The molecule has 3 atom stereocenters. The second kappa shape index (κ2) is 6.53. The van der Waals surface area contributed by atoms with Gasteiger partial charge in [0.25, 0.3) is 0 Å². The Morgan fingerprint density at radius 2 is 1.95 bits per heavy atom. The molecule has 0 aliphatic carbocycles. The zero-order valence-electron chi connectivity index (χ0n) is 11.9. The van der Waals surface area contributed by atoms with Gasteiger partial charge in [-0.05, 0) is 44.0 Å². The molecule has 3 nitrogen and oxygen atoms in total. The second-order valence-corrected chi connectivity index (χ2v) is 7.12. The third kappa shape index (κ3) is 4.32. The van der Waals surface area contributed by atoms with Crippen molar-refractivity contribution < 1.29 is 8.95 Å². The first kappa shape index (κ1) is 14.5. The Kier molecular flexibility index (Phi) is 4.99. The van der Waals surface area contributed by atoms with E-state index in [1.807, 2.05) is 26.0 Å². The minimum absolute atomic E-state index is 0.190. The topological polar surface area (TPSA) is 38.3 Å². The van der Waals surface area contributed by atoms with Crippen LogP contribution in [0.3, 0.4) is 0 Å². The molecule has 3 unspecified atom stereocenters. The molecule has 0 bridgehead atoms. The van der Waals surface area contributed by atoms with Gasteiger partial charge < -0.3 is 10.1 Å². The minimum Gasteiger partial charge on any atom is -0.491 e. The zero-order chi connectivity index (χ0) is 13.8. The van der Waals surface area contributed by atoms with Crippen molar-refractivity contribution in [2.45, 2.75) is 32.9 Å². The minimum atomic E-state index is -0.726. The summed E-state index contributed by atoms with van der Waals surface area (Å²) in [6, 6.07) is 8.33. The molecule has 1 aromatic rings. The van der Waals surface area contributed by atoms with Gasteiger partial charge in [-0.25, -0.2) is 0 Å². The summed E-state index contributed by atoms with van der Waals surface area (Å²) in [5.74, 6) is 2.88. The number of nitrogens with one attached hydrogen (secondary N) is 1. The average Bonchev–Trinajstić information content (AvgIpc) is 2.50. The maximum atomic E-state index is 11.9. The zero-order valence-corrected chi connectivity index (χ0v) is 12.7. The standard InChI is InChI=1S/C15H23NO2S/c1-11(2)18-14-6-4-13(5-7-14)15-10-19(17)9-12(3)8-16-15/h4-7,11-12,15-16H,8-10H2,1-3H3. The lowest BCUT2D eigenvalue weighted by atomic mass is 10.1. The van der Waals surface area contributed by atoms with Gasteiger partial charge in [0.05, 0.1) is 6.10 Å². The highest BCUT2D eigenvalue weighted by molar-refractivity contribution is 7.85. The van der Waals surface area contributed by atoms with Crippen molar-refractivity contribution in [3.8, 4) is 5.75 Å². The van der Waals surface area contributed by atoms with Gasteiger partial charge >= 0.3 is 0 Å². The molecule has 1 N–H and O–H groups in total. The Hall–Kier alpha value is -0.870. The summed E-state index contributed by atoms with van der Waals surface area (Å²) >= 11 is 0. The SMILES string of the molecule is CC1CNC(c2ccc(OC(C)C)cc2)CS(=O)C1. The monoisotopic (exact) mass is 281 g/mol. The number of hydrogen-bond donors (Lipinski definition) is 1. The third-order valence-electron chi connectivity index (χ3n) is 3.19. The van der Waals surface area contributed by atoms with Crippen LogP contribution < -0.4 is 10.1 Å². The van der Waals surface area contributed by atoms with Crippen LogP contribution in [-0.4, -0.2) is 28.4 Å². The lowest BCUT2D eigenvalue weighted by Gasteiger charge is -2.17. The van der Waals surface area contributed by atoms with Crippen LogP contribution in [0.25, 0.3) is 0 Å². The molecular formula is C15H23NO2S. The number of rotatable bonds is 3. The van der Waals surface area contributed by atoms with Gasteiger partial charge in [-0.3, -0.25) is 4.21 Å². The van der Waals surface area contributed by atoms with E-state index in [1.165, 1.54) is 5.56 Å². The maximum Gasteiger partial charge on any atom is 0.119 e. The Morgan fingerprint density at radius 1 is 1.26 bits per heavy atom. The van der Waals surface area contributed by atoms with Crippen molar-refractivity contribution in [2.24, 2.45) is 5.92 Å². The molecule has 1 fully saturated rings. The van der Waals surface area contributed by atoms with Crippen LogP contribution >= 0.6 is 0 Å². The summed E-state index contributed by atoms with van der Waals surface area (Å²) in [7, 11) is -0.726. The fraction of sp³-hybridized carbons (Fsp3) is 0.600. The Bertz CT molecular complexity index is 430. The third-order valence-corrected chi connectivity index (χ3v) is 4.84. The molecule has 1 aromatic carbocycles. The smallest absolute Gasteiger partial charge is 0.119 e. The van der Waals surface area contributed by atoms with Crippen LogP contribution in [0.4, 0.5) is 0 Å². The summed E-state index contributed by atoms with van der Waals surface area (Å²) in [5, 5.41) is 3.50. The first-order valence-electron chi connectivity index (χ1n) is 6.89. The molecule has 0 radical (unpaired) electrons. The van der Waals surface area contributed by atoms with Gasteiger partial charge in [-0.2, -0.15) is 0 Å². The molecule has 106 valence electrons. The van der Waals surface area contributed by atoms with Crippen LogP contribution in [-0.2, 0) is 10.8 Å². The van der Waals surface area contributed by atoms with Crippen LogP contribution in [0.5, 0.6) is 5.75 Å². The molecule has 0 amide bonds. The Balaban J connectivity index is 2.06. The van der Waals surface area contributed by atoms with Crippen molar-refractivity contribution in [3.63, 3.8) is 0 Å². The van der Waals surface area contributed by atoms with Crippen LogP contribution in [0.1, 0.15) is 32.4 Å². The van der Waals surface area contributed by atoms with E-state index < -0.39 is 10.8 Å². The molecule has 1 heterocycles. The van der Waals surface area contributed by atoms with Gasteiger partial charge in [0.2, 0.25) is 0 Å². The molecule has 0 aromatic heterocycles. The van der Waals surface area contributed by atoms with Gasteiger partial charge in [-0.15, -0.1) is 0 Å². The lowest BCUT2D eigenvalue weighted by Crippen LogP contribution is -2.25. The van der Waals surface area contributed by atoms with E-state index in [-0.39, 0.29) is 12.1 Å². The number of hydrogen-bond acceptors (Lipinski definition) is 3. The van der Waals surface area contributed by atoms with Crippen molar-refractivity contribution in [3.05, 3.63) is 29.8 Å². The average molecular weight is 281 g/mol. The predicted molar refractivity (Wildman–Crippen MR) is 80.0 cm³/mol. The van der Waals surface area contributed by atoms with Crippen molar-refractivity contribution in [1.29, 1.82) is 0 Å². The Morgan fingerprint density at radius 3 is 2.58 bits per heavy atom. The first-order chi connectivity index (χ1) is 9.04. The van der Waals surface area contributed by atoms with E-state index in [0.29, 0.717) is 11.7 Å². The molecule has 0 spiro atoms. The molecule has 4 heteroatoms. The highest BCUT2D eigenvalue weighted by Gasteiger charge is 2.21. The molecule has 19 heavy (non-hydrogen) atoms. The molecule has 2 rings (SSSR count). The summed E-state index contributed by atoms with van der Waals surface area (Å²) in [4.78, 5) is 0. The molecule has 1 saturated heterocycles. The fourth-order valence-electron chi connectivity index (χ4n) is 2.30. The van der Waals surface area contributed by atoms with Gasteiger partial charge in [0, 0.05) is 28.3 Å². The molecule has 1 aliphatic rings. The molecule has 1 aliphatic heterocycles.